The highest BCUT2D eigenvalue weighted by Crippen LogP contribution is 2.32. The first-order valence-electron chi connectivity index (χ1n) is 9.22. The van der Waals surface area contributed by atoms with E-state index >= 15 is 0 Å². The fourth-order valence-corrected chi connectivity index (χ4v) is 3.11. The number of aromatic nitrogens is 3. The highest BCUT2D eigenvalue weighted by molar-refractivity contribution is 6.03. The van der Waals surface area contributed by atoms with Crippen LogP contribution < -0.4 is 14.8 Å². The van der Waals surface area contributed by atoms with Gasteiger partial charge in [-0.15, -0.1) is 0 Å². The van der Waals surface area contributed by atoms with Gasteiger partial charge in [-0.2, -0.15) is 5.10 Å². The Balaban J connectivity index is 1.66. The molecule has 9 heteroatoms. The molecule has 0 saturated heterocycles. The molecule has 1 amide bonds. The van der Waals surface area contributed by atoms with E-state index in [1.807, 2.05) is 12.1 Å². The molecule has 0 aliphatic rings. The maximum atomic E-state index is 12.7. The van der Waals surface area contributed by atoms with Crippen LogP contribution in [0.5, 0.6) is 11.5 Å². The number of carbonyl (C=O) groups excluding carboxylic acids is 1. The van der Waals surface area contributed by atoms with Gasteiger partial charge in [-0.3, -0.25) is 4.79 Å². The summed E-state index contributed by atoms with van der Waals surface area (Å²) in [6.45, 7) is 0. The van der Waals surface area contributed by atoms with Crippen LogP contribution in [-0.4, -0.2) is 45.8 Å². The Morgan fingerprint density at radius 1 is 0.968 bits per heavy atom. The molecule has 31 heavy (non-hydrogen) atoms. The molecule has 2 N–H and O–H groups in total. The van der Waals surface area contributed by atoms with Crippen LogP contribution in [0.3, 0.4) is 0 Å². The van der Waals surface area contributed by atoms with Gasteiger partial charge in [-0.1, -0.05) is 0 Å². The smallest absolute Gasteiger partial charge is 0.335 e. The summed E-state index contributed by atoms with van der Waals surface area (Å²) in [5.74, 6) is -0.301. The molecule has 0 spiro atoms. The molecule has 0 bridgehead atoms. The van der Waals surface area contributed by atoms with Crippen molar-refractivity contribution < 1.29 is 24.2 Å². The van der Waals surface area contributed by atoms with Gasteiger partial charge >= 0.3 is 5.97 Å². The Bertz CT molecular complexity index is 1280. The van der Waals surface area contributed by atoms with Gasteiger partial charge < -0.3 is 19.9 Å². The largest absolute Gasteiger partial charge is 0.493 e. The second kappa shape index (κ2) is 8.15. The Labute approximate surface area is 176 Å². The molecule has 4 aromatic rings. The third-order valence-corrected chi connectivity index (χ3v) is 4.66. The maximum absolute atomic E-state index is 12.7. The van der Waals surface area contributed by atoms with Crippen LogP contribution in [0, 0.1) is 0 Å². The molecule has 2 aromatic carbocycles. The van der Waals surface area contributed by atoms with Crippen LogP contribution >= 0.6 is 0 Å². The number of nitrogens with zero attached hydrogens (tertiary/aromatic N) is 3. The van der Waals surface area contributed by atoms with E-state index in [0.29, 0.717) is 22.8 Å². The van der Waals surface area contributed by atoms with E-state index in [2.05, 4.69) is 15.4 Å². The van der Waals surface area contributed by atoms with Crippen molar-refractivity contribution >= 4 is 23.2 Å². The van der Waals surface area contributed by atoms with Gasteiger partial charge in [0, 0.05) is 23.5 Å². The zero-order chi connectivity index (χ0) is 22.0. The molecule has 0 atom stereocenters. The third kappa shape index (κ3) is 3.88. The number of benzene rings is 2. The number of fused-ring (bicyclic) bond motifs is 1. The number of carbonyl (C=O) groups is 2. The molecule has 2 heterocycles. The Morgan fingerprint density at radius 2 is 1.71 bits per heavy atom. The topological polar surface area (TPSA) is 115 Å². The minimum atomic E-state index is -1.04. The second-order valence-corrected chi connectivity index (χ2v) is 6.54. The number of nitrogens with one attached hydrogen (secondary N) is 1. The summed E-state index contributed by atoms with van der Waals surface area (Å²) in [6.07, 6.45) is 1.63. The van der Waals surface area contributed by atoms with Crippen molar-refractivity contribution in [2.24, 2.45) is 0 Å². The molecular formula is C22H18N4O5. The summed E-state index contributed by atoms with van der Waals surface area (Å²) >= 11 is 0. The van der Waals surface area contributed by atoms with Crippen LogP contribution in [0.2, 0.25) is 0 Å². The zero-order valence-corrected chi connectivity index (χ0v) is 16.7. The lowest BCUT2D eigenvalue weighted by Crippen LogP contribution is -2.13. The zero-order valence-electron chi connectivity index (χ0n) is 16.7. The molecule has 0 radical (unpaired) electrons. The van der Waals surface area contributed by atoms with Crippen molar-refractivity contribution in [1.82, 2.24) is 14.6 Å². The molecule has 9 nitrogen and oxygen atoms in total. The quantitative estimate of drug-likeness (QED) is 0.493. The summed E-state index contributed by atoms with van der Waals surface area (Å²) in [5, 5.41) is 16.1. The predicted molar refractivity (Wildman–Crippen MR) is 113 cm³/mol. The summed E-state index contributed by atoms with van der Waals surface area (Å²) in [7, 11) is 3.12. The van der Waals surface area contributed by atoms with Crippen LogP contribution in [0.15, 0.2) is 60.8 Å². The highest BCUT2D eigenvalue weighted by Gasteiger charge is 2.16. The number of carboxylic acids is 1. The van der Waals surface area contributed by atoms with E-state index in [-0.39, 0.29) is 11.3 Å². The minimum Gasteiger partial charge on any atom is -0.493 e. The normalized spacial score (nSPS) is 10.6. The highest BCUT2D eigenvalue weighted by atomic mass is 16.5. The number of hydrogen-bond donors (Lipinski definition) is 2. The molecule has 156 valence electrons. The number of ether oxygens (including phenoxy) is 2. The van der Waals surface area contributed by atoms with Crippen molar-refractivity contribution in [2.45, 2.75) is 0 Å². The van der Waals surface area contributed by atoms with Gasteiger partial charge in [0.15, 0.2) is 22.8 Å². The summed E-state index contributed by atoms with van der Waals surface area (Å²) in [4.78, 5) is 27.9. The number of aromatic carboxylic acids is 1. The fraction of sp³-hybridized carbons (Fsp3) is 0.0909. The molecule has 0 unspecified atom stereocenters. The van der Waals surface area contributed by atoms with Gasteiger partial charge in [0.2, 0.25) is 0 Å². The summed E-state index contributed by atoms with van der Waals surface area (Å²) in [6, 6.07) is 14.7. The van der Waals surface area contributed by atoms with Crippen LogP contribution in [0.1, 0.15) is 20.8 Å². The van der Waals surface area contributed by atoms with Gasteiger partial charge in [-0.25, -0.2) is 14.3 Å². The predicted octanol–water partition coefficient (Wildman–Crippen LogP) is 3.36. The number of carboxylic acid groups (broad SMARTS) is 1. The van der Waals surface area contributed by atoms with Crippen LogP contribution in [-0.2, 0) is 0 Å². The van der Waals surface area contributed by atoms with E-state index in [4.69, 9.17) is 14.6 Å². The van der Waals surface area contributed by atoms with Crippen molar-refractivity contribution in [3.63, 3.8) is 0 Å². The Morgan fingerprint density at radius 3 is 2.39 bits per heavy atom. The fourth-order valence-electron chi connectivity index (χ4n) is 3.11. The van der Waals surface area contributed by atoms with Crippen molar-refractivity contribution in [1.29, 1.82) is 0 Å². The molecule has 4 rings (SSSR count). The lowest BCUT2D eigenvalue weighted by Gasteiger charge is -2.10. The van der Waals surface area contributed by atoms with E-state index in [0.717, 1.165) is 11.3 Å². The first kappa shape index (κ1) is 19.9. The van der Waals surface area contributed by atoms with Gasteiger partial charge in [-0.05, 0) is 48.5 Å². The first-order valence-corrected chi connectivity index (χ1v) is 9.22. The van der Waals surface area contributed by atoms with Gasteiger partial charge in [0.25, 0.3) is 5.91 Å². The summed E-state index contributed by atoms with van der Waals surface area (Å²) in [5.41, 5.74) is 2.79. The maximum Gasteiger partial charge on any atom is 0.335 e. The average Bonchev–Trinajstić information content (AvgIpc) is 3.23. The monoisotopic (exact) mass is 418 g/mol. The Kier molecular flexibility index (Phi) is 5.23. The van der Waals surface area contributed by atoms with Crippen LogP contribution in [0.4, 0.5) is 5.69 Å². The van der Waals surface area contributed by atoms with E-state index in [9.17, 15) is 9.59 Å². The second-order valence-electron chi connectivity index (χ2n) is 6.54. The number of methoxy groups -OCH3 is 2. The number of rotatable bonds is 6. The summed E-state index contributed by atoms with van der Waals surface area (Å²) < 4.78 is 12.2. The van der Waals surface area contributed by atoms with Gasteiger partial charge in [0.1, 0.15) is 0 Å². The van der Waals surface area contributed by atoms with Gasteiger partial charge in [0.05, 0.1) is 25.5 Å². The van der Waals surface area contributed by atoms with E-state index in [1.165, 1.54) is 24.3 Å². The standard InChI is InChI=1S/C22H18N4O5/c1-30-18-8-5-14(11-19(18)31-2)17-9-10-23-20-12-16(25-26(17)20)21(27)24-15-6-3-13(4-7-15)22(28)29/h3-12H,1-2H3,(H,24,27)(H,28,29). The molecule has 0 aliphatic heterocycles. The van der Waals surface area contributed by atoms with Crippen LogP contribution in [0.25, 0.3) is 16.9 Å². The first-order chi connectivity index (χ1) is 15.0. The minimum absolute atomic E-state index is 0.134. The van der Waals surface area contributed by atoms with Crippen molar-refractivity contribution in [2.75, 3.05) is 19.5 Å². The Hall–Kier alpha value is -4.40. The molecular weight excluding hydrogens is 400 g/mol. The lowest BCUT2D eigenvalue weighted by molar-refractivity contribution is 0.0696. The average molecular weight is 418 g/mol. The molecule has 0 aliphatic carbocycles. The molecule has 0 saturated carbocycles. The van der Waals surface area contributed by atoms with Crippen molar-refractivity contribution in [3.05, 3.63) is 72.1 Å². The number of anilines is 1. The number of hydrogen-bond acceptors (Lipinski definition) is 6. The van der Waals surface area contributed by atoms with Crippen molar-refractivity contribution in [3.8, 4) is 22.8 Å². The SMILES string of the molecule is COc1ccc(-c2ccnc3cc(C(=O)Nc4ccc(C(=O)O)cc4)nn23)cc1OC. The number of amides is 1. The van der Waals surface area contributed by atoms with E-state index in [1.54, 1.807) is 43.1 Å². The van der Waals surface area contributed by atoms with E-state index < -0.39 is 11.9 Å². The molecule has 0 fully saturated rings. The molecule has 2 aromatic heterocycles. The lowest BCUT2D eigenvalue weighted by atomic mass is 10.1. The third-order valence-electron chi connectivity index (χ3n) is 4.66.